The van der Waals surface area contributed by atoms with Gasteiger partial charge in [0, 0.05) is 5.92 Å². The minimum Gasteiger partial charge on any atom is -0.469 e. The molecule has 1 aliphatic carbocycles. The van der Waals surface area contributed by atoms with Crippen LogP contribution in [0.3, 0.4) is 0 Å². The van der Waals surface area contributed by atoms with Gasteiger partial charge in [0.05, 0.1) is 25.7 Å². The summed E-state index contributed by atoms with van der Waals surface area (Å²) in [6, 6.07) is 0. The first-order valence-corrected chi connectivity index (χ1v) is 3.46. The lowest BCUT2D eigenvalue weighted by Crippen LogP contribution is -2.20. The standard InChI is InChI=1S/C7H10O3/c1-9-6(8)7-2-5(7)3-10-4-7/h5H,2-4H2,1H3. The van der Waals surface area contributed by atoms with Crippen molar-refractivity contribution in [2.75, 3.05) is 20.3 Å². The lowest BCUT2D eigenvalue weighted by atomic mass is 10.1. The number of ether oxygens (including phenoxy) is 2. The van der Waals surface area contributed by atoms with E-state index < -0.39 is 0 Å². The molecule has 0 N–H and O–H groups in total. The summed E-state index contributed by atoms with van der Waals surface area (Å²) in [7, 11) is 1.44. The van der Waals surface area contributed by atoms with E-state index in [0.29, 0.717) is 12.5 Å². The Morgan fingerprint density at radius 3 is 3.00 bits per heavy atom. The van der Waals surface area contributed by atoms with Gasteiger partial charge in [0.15, 0.2) is 0 Å². The van der Waals surface area contributed by atoms with Crippen molar-refractivity contribution in [1.82, 2.24) is 0 Å². The number of rotatable bonds is 1. The number of hydrogen-bond acceptors (Lipinski definition) is 3. The van der Waals surface area contributed by atoms with Crippen molar-refractivity contribution >= 4 is 5.97 Å². The first-order chi connectivity index (χ1) is 4.79. The van der Waals surface area contributed by atoms with E-state index in [4.69, 9.17) is 4.74 Å². The van der Waals surface area contributed by atoms with Crippen molar-refractivity contribution in [2.24, 2.45) is 11.3 Å². The molecule has 1 aliphatic heterocycles. The third-order valence-corrected chi connectivity index (χ3v) is 2.50. The fraction of sp³-hybridized carbons (Fsp3) is 0.857. The van der Waals surface area contributed by atoms with Crippen LogP contribution in [0.1, 0.15) is 6.42 Å². The van der Waals surface area contributed by atoms with Crippen LogP contribution >= 0.6 is 0 Å². The number of fused-ring (bicyclic) bond motifs is 1. The quantitative estimate of drug-likeness (QED) is 0.490. The molecule has 2 unspecified atom stereocenters. The highest BCUT2D eigenvalue weighted by Crippen LogP contribution is 2.57. The van der Waals surface area contributed by atoms with Crippen LogP contribution in [0, 0.1) is 11.3 Å². The predicted molar refractivity (Wildman–Crippen MR) is 33.4 cm³/mol. The van der Waals surface area contributed by atoms with Gasteiger partial charge in [-0.15, -0.1) is 0 Å². The maximum Gasteiger partial charge on any atom is 0.314 e. The average molecular weight is 142 g/mol. The molecule has 1 saturated carbocycles. The van der Waals surface area contributed by atoms with Gasteiger partial charge in [0.25, 0.3) is 0 Å². The molecule has 0 amide bonds. The summed E-state index contributed by atoms with van der Waals surface area (Å²) in [6.45, 7) is 1.32. The van der Waals surface area contributed by atoms with Gasteiger partial charge in [0.2, 0.25) is 0 Å². The summed E-state index contributed by atoms with van der Waals surface area (Å²) < 4.78 is 9.79. The monoisotopic (exact) mass is 142 g/mol. The molecule has 56 valence electrons. The van der Waals surface area contributed by atoms with Crippen LogP contribution in [-0.2, 0) is 14.3 Å². The van der Waals surface area contributed by atoms with Crippen molar-refractivity contribution < 1.29 is 14.3 Å². The molecule has 0 radical (unpaired) electrons. The van der Waals surface area contributed by atoms with E-state index in [-0.39, 0.29) is 11.4 Å². The second kappa shape index (κ2) is 1.72. The first-order valence-electron chi connectivity index (χ1n) is 3.46. The van der Waals surface area contributed by atoms with Crippen LogP contribution in [0.4, 0.5) is 0 Å². The normalized spacial score (nSPS) is 42.7. The largest absolute Gasteiger partial charge is 0.469 e. The topological polar surface area (TPSA) is 35.5 Å². The summed E-state index contributed by atoms with van der Waals surface area (Å²) in [5.41, 5.74) is -0.214. The van der Waals surface area contributed by atoms with Crippen molar-refractivity contribution in [3.8, 4) is 0 Å². The molecule has 0 aromatic rings. The number of hydrogen-bond donors (Lipinski definition) is 0. The van der Waals surface area contributed by atoms with Gasteiger partial charge < -0.3 is 9.47 Å². The summed E-state index contributed by atoms with van der Waals surface area (Å²) in [4.78, 5) is 11.1. The number of esters is 1. The Hall–Kier alpha value is -0.570. The zero-order chi connectivity index (χ0) is 7.19. The number of methoxy groups -OCH3 is 1. The van der Waals surface area contributed by atoms with E-state index in [0.717, 1.165) is 13.0 Å². The highest BCUT2D eigenvalue weighted by molar-refractivity contribution is 5.81. The molecule has 10 heavy (non-hydrogen) atoms. The molecule has 0 aromatic carbocycles. The molecule has 1 saturated heterocycles. The third-order valence-electron chi connectivity index (χ3n) is 2.50. The van der Waals surface area contributed by atoms with E-state index in [1.807, 2.05) is 0 Å². The molecule has 2 aliphatic rings. The zero-order valence-electron chi connectivity index (χ0n) is 5.92. The zero-order valence-corrected chi connectivity index (χ0v) is 5.92. The van der Waals surface area contributed by atoms with Gasteiger partial charge in [0.1, 0.15) is 0 Å². The average Bonchev–Trinajstić information content (AvgIpc) is 2.54. The van der Waals surface area contributed by atoms with Gasteiger partial charge in [-0.2, -0.15) is 0 Å². The first kappa shape index (κ1) is 6.16. The van der Waals surface area contributed by atoms with E-state index >= 15 is 0 Å². The maximum absolute atomic E-state index is 11.1. The SMILES string of the molecule is COC(=O)C12COCC1C2. The fourth-order valence-electron chi connectivity index (χ4n) is 1.67. The van der Waals surface area contributed by atoms with E-state index in [9.17, 15) is 4.79 Å². The Balaban J connectivity index is 2.11. The van der Waals surface area contributed by atoms with Crippen molar-refractivity contribution in [3.63, 3.8) is 0 Å². The molecule has 1 heterocycles. The van der Waals surface area contributed by atoms with E-state index in [2.05, 4.69) is 4.74 Å². The highest BCUT2D eigenvalue weighted by Gasteiger charge is 2.64. The van der Waals surface area contributed by atoms with Gasteiger partial charge in [-0.05, 0) is 6.42 Å². The Kier molecular flexibility index (Phi) is 1.06. The van der Waals surface area contributed by atoms with E-state index in [1.54, 1.807) is 0 Å². The Morgan fingerprint density at radius 2 is 2.60 bits per heavy atom. The Morgan fingerprint density at radius 1 is 1.80 bits per heavy atom. The molecule has 2 fully saturated rings. The summed E-state index contributed by atoms with van der Waals surface area (Å²) in [5, 5.41) is 0. The van der Waals surface area contributed by atoms with Gasteiger partial charge in [-0.1, -0.05) is 0 Å². The summed E-state index contributed by atoms with van der Waals surface area (Å²) >= 11 is 0. The van der Waals surface area contributed by atoms with Gasteiger partial charge >= 0.3 is 5.97 Å². The second-order valence-corrected chi connectivity index (χ2v) is 3.06. The lowest BCUT2D eigenvalue weighted by molar-refractivity contribution is -0.147. The molecule has 0 bridgehead atoms. The van der Waals surface area contributed by atoms with Crippen molar-refractivity contribution in [1.29, 1.82) is 0 Å². The molecular formula is C7H10O3. The minimum absolute atomic E-state index is 0.0880. The third kappa shape index (κ3) is 0.560. The van der Waals surface area contributed by atoms with Crippen LogP contribution in [-0.4, -0.2) is 26.3 Å². The predicted octanol–water partition coefficient (Wildman–Crippen LogP) is 0.196. The summed E-state index contributed by atoms with van der Waals surface area (Å²) in [6.07, 6.45) is 0.972. The van der Waals surface area contributed by atoms with E-state index in [1.165, 1.54) is 7.11 Å². The molecule has 0 aromatic heterocycles. The number of carbonyl (C=O) groups is 1. The van der Waals surface area contributed by atoms with Gasteiger partial charge in [-0.25, -0.2) is 0 Å². The van der Waals surface area contributed by atoms with Crippen molar-refractivity contribution in [3.05, 3.63) is 0 Å². The smallest absolute Gasteiger partial charge is 0.314 e. The van der Waals surface area contributed by atoms with Crippen LogP contribution in [0.5, 0.6) is 0 Å². The molecule has 0 spiro atoms. The number of carbonyl (C=O) groups excluding carboxylic acids is 1. The second-order valence-electron chi connectivity index (χ2n) is 3.06. The Labute approximate surface area is 59.3 Å². The molecule has 3 heteroatoms. The van der Waals surface area contributed by atoms with Crippen LogP contribution in [0.25, 0.3) is 0 Å². The fourth-order valence-corrected chi connectivity index (χ4v) is 1.67. The minimum atomic E-state index is -0.214. The molecule has 2 rings (SSSR count). The van der Waals surface area contributed by atoms with Gasteiger partial charge in [-0.3, -0.25) is 4.79 Å². The van der Waals surface area contributed by atoms with Crippen LogP contribution in [0.2, 0.25) is 0 Å². The maximum atomic E-state index is 11.1. The van der Waals surface area contributed by atoms with Crippen molar-refractivity contribution in [2.45, 2.75) is 6.42 Å². The molecule has 2 atom stereocenters. The summed E-state index contributed by atoms with van der Waals surface area (Å²) in [5.74, 6) is 0.370. The lowest BCUT2D eigenvalue weighted by Gasteiger charge is -2.06. The van der Waals surface area contributed by atoms with Crippen LogP contribution in [0.15, 0.2) is 0 Å². The highest BCUT2D eigenvalue weighted by atomic mass is 16.5. The molecule has 3 nitrogen and oxygen atoms in total. The Bertz CT molecular complexity index is 178. The van der Waals surface area contributed by atoms with Crippen LogP contribution < -0.4 is 0 Å². The molecular weight excluding hydrogens is 132 g/mol.